The van der Waals surface area contributed by atoms with Gasteiger partial charge in [0.2, 0.25) is 0 Å². The SMILES string of the molecule is OC[C@H]1O[C@@H](O[C@H]2[C@@H](OC[C@H]3O[C@H](O)[C@H](O)[C@@H](O)[C@@H]3O)O[C@H](CO)[C@H](O)[C@@H]2O)[C@H](O)[C@@H](O)[C@H]1O. The predicted octanol–water partition coefficient (Wildman–Crippen LogP) is -7.57. The summed E-state index contributed by atoms with van der Waals surface area (Å²) in [4.78, 5) is 0. The maximum atomic E-state index is 10.5. The van der Waals surface area contributed by atoms with E-state index in [-0.39, 0.29) is 0 Å². The fraction of sp³-hybridized carbons (Fsp3) is 1.00. The van der Waals surface area contributed by atoms with Crippen LogP contribution in [0.4, 0.5) is 0 Å². The van der Waals surface area contributed by atoms with Crippen LogP contribution in [0.3, 0.4) is 0 Å². The van der Waals surface area contributed by atoms with Crippen LogP contribution in [0.2, 0.25) is 0 Å². The van der Waals surface area contributed by atoms with Gasteiger partial charge in [0.1, 0.15) is 73.2 Å². The van der Waals surface area contributed by atoms with Gasteiger partial charge in [-0.3, -0.25) is 0 Å². The van der Waals surface area contributed by atoms with Gasteiger partial charge in [-0.2, -0.15) is 0 Å². The van der Waals surface area contributed by atoms with E-state index >= 15 is 0 Å². The summed E-state index contributed by atoms with van der Waals surface area (Å²) in [5.41, 5.74) is 0. The molecule has 3 aliphatic heterocycles. The Bertz CT molecular complexity index is 639. The molecule has 15 atom stereocenters. The van der Waals surface area contributed by atoms with Gasteiger partial charge in [0, 0.05) is 0 Å². The monoisotopic (exact) mass is 504 g/mol. The molecule has 0 radical (unpaired) electrons. The summed E-state index contributed by atoms with van der Waals surface area (Å²) < 4.78 is 26.5. The maximum absolute atomic E-state index is 10.5. The first-order valence-electron chi connectivity index (χ1n) is 10.6. The molecule has 0 unspecified atom stereocenters. The summed E-state index contributed by atoms with van der Waals surface area (Å²) in [6.07, 6.45) is -25.0. The van der Waals surface area contributed by atoms with Crippen LogP contribution >= 0.6 is 0 Å². The van der Waals surface area contributed by atoms with Gasteiger partial charge in [0.15, 0.2) is 18.9 Å². The second-order valence-corrected chi connectivity index (χ2v) is 8.37. The first-order chi connectivity index (χ1) is 16.0. The normalized spacial score (nSPS) is 52.5. The fourth-order valence-corrected chi connectivity index (χ4v) is 3.93. The summed E-state index contributed by atoms with van der Waals surface area (Å²) in [7, 11) is 0. The molecule has 0 aromatic rings. The largest absolute Gasteiger partial charge is 0.394 e. The Morgan fingerprint density at radius 3 is 1.59 bits per heavy atom. The van der Waals surface area contributed by atoms with E-state index < -0.39 is 112 Å². The van der Waals surface area contributed by atoms with Crippen molar-refractivity contribution < 1.29 is 79.9 Å². The van der Waals surface area contributed by atoms with E-state index in [0.717, 1.165) is 0 Å². The van der Waals surface area contributed by atoms with E-state index in [4.69, 9.17) is 23.7 Å². The number of aliphatic hydroxyl groups excluding tert-OH is 11. The molecule has 0 saturated carbocycles. The molecule has 3 heterocycles. The molecule has 0 aliphatic carbocycles. The molecular weight excluding hydrogens is 472 g/mol. The Kier molecular flexibility index (Phi) is 9.54. The molecule has 3 fully saturated rings. The van der Waals surface area contributed by atoms with Gasteiger partial charge in [-0.05, 0) is 0 Å². The summed E-state index contributed by atoms with van der Waals surface area (Å²) >= 11 is 0. The molecule has 16 heteroatoms. The zero-order valence-electron chi connectivity index (χ0n) is 17.7. The van der Waals surface area contributed by atoms with Gasteiger partial charge in [-0.25, -0.2) is 0 Å². The molecule has 0 aromatic carbocycles. The molecule has 3 rings (SSSR count). The number of rotatable bonds is 7. The quantitative estimate of drug-likeness (QED) is 0.154. The Balaban J connectivity index is 1.74. The van der Waals surface area contributed by atoms with Crippen molar-refractivity contribution in [2.75, 3.05) is 19.8 Å². The van der Waals surface area contributed by atoms with Crippen molar-refractivity contribution in [1.29, 1.82) is 0 Å². The molecule has 16 nitrogen and oxygen atoms in total. The lowest BCUT2D eigenvalue weighted by Gasteiger charge is -2.46. The third-order valence-electron chi connectivity index (χ3n) is 6.08. The van der Waals surface area contributed by atoms with Crippen LogP contribution in [0.15, 0.2) is 0 Å². The van der Waals surface area contributed by atoms with E-state index in [1.807, 2.05) is 0 Å². The van der Waals surface area contributed by atoms with Crippen LogP contribution in [0, 0.1) is 0 Å². The molecule has 3 aliphatic rings. The third kappa shape index (κ3) is 5.52. The summed E-state index contributed by atoms with van der Waals surface area (Å²) in [5, 5.41) is 109. The second kappa shape index (κ2) is 11.6. The number of ether oxygens (including phenoxy) is 5. The van der Waals surface area contributed by atoms with Crippen LogP contribution in [0.1, 0.15) is 0 Å². The Hall–Kier alpha value is -0.640. The topological polar surface area (TPSA) is 269 Å². The lowest BCUT2D eigenvalue weighted by Crippen LogP contribution is -2.65. The van der Waals surface area contributed by atoms with E-state index in [1.165, 1.54) is 0 Å². The van der Waals surface area contributed by atoms with Crippen molar-refractivity contribution >= 4 is 0 Å². The lowest BCUT2D eigenvalue weighted by molar-refractivity contribution is -0.372. The number of aliphatic hydroxyl groups is 11. The van der Waals surface area contributed by atoms with Crippen molar-refractivity contribution in [1.82, 2.24) is 0 Å². The van der Waals surface area contributed by atoms with Crippen LogP contribution in [-0.4, -0.2) is 168 Å². The first-order valence-corrected chi connectivity index (χ1v) is 10.6. The molecule has 34 heavy (non-hydrogen) atoms. The molecule has 0 amide bonds. The van der Waals surface area contributed by atoms with Crippen molar-refractivity contribution in [3.8, 4) is 0 Å². The van der Waals surface area contributed by atoms with Crippen LogP contribution in [0.25, 0.3) is 0 Å². The average molecular weight is 504 g/mol. The zero-order valence-corrected chi connectivity index (χ0v) is 17.7. The Morgan fingerprint density at radius 2 is 1.00 bits per heavy atom. The summed E-state index contributed by atoms with van der Waals surface area (Å²) in [6.45, 7) is -2.11. The van der Waals surface area contributed by atoms with Crippen LogP contribution in [0.5, 0.6) is 0 Å². The molecule has 11 N–H and O–H groups in total. The van der Waals surface area contributed by atoms with Crippen LogP contribution in [-0.2, 0) is 23.7 Å². The van der Waals surface area contributed by atoms with Crippen molar-refractivity contribution in [3.05, 3.63) is 0 Å². The number of hydrogen-bond acceptors (Lipinski definition) is 16. The Morgan fingerprint density at radius 1 is 0.500 bits per heavy atom. The summed E-state index contributed by atoms with van der Waals surface area (Å²) in [6, 6.07) is 0. The van der Waals surface area contributed by atoms with Gasteiger partial charge >= 0.3 is 0 Å². The zero-order chi connectivity index (χ0) is 25.3. The van der Waals surface area contributed by atoms with Crippen LogP contribution < -0.4 is 0 Å². The highest BCUT2D eigenvalue weighted by Gasteiger charge is 2.51. The van der Waals surface area contributed by atoms with Gasteiger partial charge in [-0.1, -0.05) is 0 Å². The highest BCUT2D eigenvalue weighted by Crippen LogP contribution is 2.30. The minimum Gasteiger partial charge on any atom is -0.394 e. The van der Waals surface area contributed by atoms with Crippen molar-refractivity contribution in [3.63, 3.8) is 0 Å². The molecule has 3 saturated heterocycles. The molecular formula is C18H32O16. The van der Waals surface area contributed by atoms with Crippen molar-refractivity contribution in [2.24, 2.45) is 0 Å². The number of hydrogen-bond donors (Lipinski definition) is 11. The highest BCUT2D eigenvalue weighted by atomic mass is 16.8. The van der Waals surface area contributed by atoms with Crippen molar-refractivity contribution in [2.45, 2.75) is 92.1 Å². The Labute approximate surface area is 192 Å². The van der Waals surface area contributed by atoms with Gasteiger partial charge < -0.3 is 79.9 Å². The maximum Gasteiger partial charge on any atom is 0.187 e. The van der Waals surface area contributed by atoms with Gasteiger partial charge in [-0.15, -0.1) is 0 Å². The fourth-order valence-electron chi connectivity index (χ4n) is 3.93. The first kappa shape index (κ1) is 27.9. The molecule has 200 valence electrons. The third-order valence-corrected chi connectivity index (χ3v) is 6.08. The smallest absolute Gasteiger partial charge is 0.187 e. The van der Waals surface area contributed by atoms with E-state index in [9.17, 15) is 56.2 Å². The standard InChI is InChI=1S/C18H32O16/c19-1-4-7(21)11(25)14(28)17(32-4)34-15-12(26)8(22)5(2-20)33-18(15)30-3-6-9(23)10(24)13(27)16(29)31-6/h4-29H,1-3H2/t4-,5-,6-,7+,8+,9-,10+,11+,12+,13-,14-,15-,16+,17+,18+/m1/s1. The summed E-state index contributed by atoms with van der Waals surface area (Å²) in [5.74, 6) is 0. The minimum atomic E-state index is -1.85. The van der Waals surface area contributed by atoms with Gasteiger partial charge in [0.05, 0.1) is 19.8 Å². The molecule has 0 spiro atoms. The minimum absolute atomic E-state index is 0.609. The molecule has 0 aromatic heterocycles. The highest BCUT2D eigenvalue weighted by molar-refractivity contribution is 4.94. The van der Waals surface area contributed by atoms with E-state index in [2.05, 4.69) is 0 Å². The average Bonchev–Trinajstić information content (AvgIpc) is 2.82. The molecule has 0 bridgehead atoms. The van der Waals surface area contributed by atoms with E-state index in [0.29, 0.717) is 0 Å². The van der Waals surface area contributed by atoms with Gasteiger partial charge in [0.25, 0.3) is 0 Å². The second-order valence-electron chi connectivity index (χ2n) is 8.37. The lowest BCUT2D eigenvalue weighted by atomic mass is 9.97. The van der Waals surface area contributed by atoms with E-state index in [1.54, 1.807) is 0 Å². The predicted molar refractivity (Wildman–Crippen MR) is 101 cm³/mol.